The summed E-state index contributed by atoms with van der Waals surface area (Å²) in [5, 5.41) is 12.7. The van der Waals surface area contributed by atoms with E-state index >= 15 is 0 Å². The molecule has 1 fully saturated rings. The van der Waals surface area contributed by atoms with Crippen LogP contribution in [-0.2, 0) is 0 Å². The van der Waals surface area contributed by atoms with E-state index in [1.54, 1.807) is 25.1 Å². The average molecular weight is 253 g/mol. The van der Waals surface area contributed by atoms with Gasteiger partial charge in [-0.1, -0.05) is 12.1 Å². The van der Waals surface area contributed by atoms with Crippen LogP contribution in [0.1, 0.15) is 18.4 Å². The Balaban J connectivity index is 2.07. The van der Waals surface area contributed by atoms with E-state index in [-0.39, 0.29) is 24.8 Å². The third kappa shape index (κ3) is 2.49. The Labute approximate surface area is 107 Å². The quantitative estimate of drug-likeness (QED) is 0.813. The second-order valence-electron chi connectivity index (χ2n) is 5.01. The molecule has 2 rings (SSSR count). The number of aliphatic hydroxyl groups is 1. The summed E-state index contributed by atoms with van der Waals surface area (Å²) < 4.78 is 19.4. The molecule has 1 aliphatic rings. The molecule has 4 heteroatoms. The second-order valence-corrected chi connectivity index (χ2v) is 5.01. The molecule has 0 bridgehead atoms. The van der Waals surface area contributed by atoms with Crippen LogP contribution in [-0.4, -0.2) is 30.9 Å². The normalized spacial score (nSPS) is 18.4. The van der Waals surface area contributed by atoms with Gasteiger partial charge in [-0.3, -0.25) is 0 Å². The second kappa shape index (κ2) is 5.24. The summed E-state index contributed by atoms with van der Waals surface area (Å²) in [7, 11) is 1.81. The number of benzene rings is 1. The molecule has 0 spiro atoms. The van der Waals surface area contributed by atoms with Gasteiger partial charge in [0.15, 0.2) is 11.6 Å². The van der Waals surface area contributed by atoms with Crippen LogP contribution in [0, 0.1) is 18.7 Å². The fraction of sp³-hybridized carbons (Fsp3) is 0.571. The van der Waals surface area contributed by atoms with E-state index in [9.17, 15) is 9.50 Å². The first-order valence-electron chi connectivity index (χ1n) is 6.30. The lowest BCUT2D eigenvalue weighted by molar-refractivity contribution is 0.0895. The van der Waals surface area contributed by atoms with E-state index in [4.69, 9.17) is 4.74 Å². The van der Waals surface area contributed by atoms with Crippen LogP contribution in [0.5, 0.6) is 5.75 Å². The van der Waals surface area contributed by atoms with Crippen LogP contribution in [0.3, 0.4) is 0 Å². The number of rotatable bonds is 6. The van der Waals surface area contributed by atoms with Crippen molar-refractivity contribution in [3.63, 3.8) is 0 Å². The lowest BCUT2D eigenvalue weighted by atomic mass is 9.95. The van der Waals surface area contributed by atoms with E-state index in [2.05, 4.69) is 5.32 Å². The SMILES string of the molecule is CNC(CO)(COc1cccc(C)c1F)C1CC1. The van der Waals surface area contributed by atoms with Crippen molar-refractivity contribution in [1.29, 1.82) is 0 Å². The van der Waals surface area contributed by atoms with Gasteiger partial charge in [-0.05, 0) is 44.4 Å². The number of hydrogen-bond acceptors (Lipinski definition) is 3. The zero-order valence-electron chi connectivity index (χ0n) is 10.9. The Kier molecular flexibility index (Phi) is 3.88. The van der Waals surface area contributed by atoms with E-state index in [1.807, 2.05) is 7.05 Å². The molecule has 3 nitrogen and oxygen atoms in total. The van der Waals surface area contributed by atoms with Crippen LogP contribution in [0.2, 0.25) is 0 Å². The van der Waals surface area contributed by atoms with Crippen LogP contribution >= 0.6 is 0 Å². The monoisotopic (exact) mass is 253 g/mol. The van der Waals surface area contributed by atoms with Crippen LogP contribution in [0.25, 0.3) is 0 Å². The molecule has 0 aromatic heterocycles. The van der Waals surface area contributed by atoms with Gasteiger partial charge in [-0.25, -0.2) is 4.39 Å². The Morgan fingerprint density at radius 3 is 2.78 bits per heavy atom. The van der Waals surface area contributed by atoms with Gasteiger partial charge in [-0.2, -0.15) is 0 Å². The fourth-order valence-electron chi connectivity index (χ4n) is 2.22. The van der Waals surface area contributed by atoms with Gasteiger partial charge in [-0.15, -0.1) is 0 Å². The van der Waals surface area contributed by atoms with Crippen molar-refractivity contribution in [3.8, 4) is 5.75 Å². The molecular weight excluding hydrogens is 233 g/mol. The van der Waals surface area contributed by atoms with Crippen LogP contribution in [0.15, 0.2) is 18.2 Å². The van der Waals surface area contributed by atoms with E-state index in [1.165, 1.54) is 0 Å². The molecule has 0 aliphatic heterocycles. The number of aliphatic hydroxyl groups excluding tert-OH is 1. The largest absolute Gasteiger partial charge is 0.488 e. The Hall–Kier alpha value is -1.13. The fourth-order valence-corrected chi connectivity index (χ4v) is 2.22. The maximum absolute atomic E-state index is 13.8. The van der Waals surface area contributed by atoms with E-state index in [0.29, 0.717) is 11.5 Å². The van der Waals surface area contributed by atoms with Crippen molar-refractivity contribution in [3.05, 3.63) is 29.6 Å². The van der Waals surface area contributed by atoms with Crippen molar-refractivity contribution in [1.82, 2.24) is 5.32 Å². The minimum absolute atomic E-state index is 0.00159. The van der Waals surface area contributed by atoms with Gasteiger partial charge < -0.3 is 15.2 Å². The van der Waals surface area contributed by atoms with Crippen molar-refractivity contribution in [2.75, 3.05) is 20.3 Å². The predicted molar refractivity (Wildman–Crippen MR) is 68.2 cm³/mol. The molecule has 1 aromatic carbocycles. The van der Waals surface area contributed by atoms with E-state index in [0.717, 1.165) is 12.8 Å². The Morgan fingerprint density at radius 2 is 2.22 bits per heavy atom. The van der Waals surface area contributed by atoms with Crippen molar-refractivity contribution in [2.45, 2.75) is 25.3 Å². The van der Waals surface area contributed by atoms with E-state index < -0.39 is 5.54 Å². The maximum atomic E-state index is 13.8. The Morgan fingerprint density at radius 1 is 1.50 bits per heavy atom. The summed E-state index contributed by atoms with van der Waals surface area (Å²) in [4.78, 5) is 0. The highest BCUT2D eigenvalue weighted by Crippen LogP contribution is 2.39. The van der Waals surface area contributed by atoms with Gasteiger partial charge in [0.25, 0.3) is 0 Å². The summed E-state index contributed by atoms with van der Waals surface area (Å²) in [5.74, 6) is 0.348. The van der Waals surface area contributed by atoms with Gasteiger partial charge >= 0.3 is 0 Å². The van der Waals surface area contributed by atoms with Gasteiger partial charge in [0.2, 0.25) is 0 Å². The molecule has 0 radical (unpaired) electrons. The highest BCUT2D eigenvalue weighted by atomic mass is 19.1. The van der Waals surface area contributed by atoms with Crippen molar-refractivity contribution in [2.24, 2.45) is 5.92 Å². The standard InChI is InChI=1S/C14H20FNO2/c1-10-4-3-5-12(13(10)15)18-9-14(8-17,16-2)11-6-7-11/h3-5,11,16-17H,6-9H2,1-2H3. The summed E-state index contributed by atoms with van der Waals surface area (Å²) in [6, 6.07) is 5.10. The predicted octanol–water partition coefficient (Wildman–Crippen LogP) is 1.87. The van der Waals surface area contributed by atoms with Crippen molar-refractivity contribution >= 4 is 0 Å². The summed E-state index contributed by atoms with van der Waals surface area (Å²) in [6.07, 6.45) is 2.17. The van der Waals surface area contributed by atoms with Crippen molar-refractivity contribution < 1.29 is 14.2 Å². The molecule has 0 saturated heterocycles. The third-order valence-electron chi connectivity index (χ3n) is 3.78. The number of ether oxygens (including phenoxy) is 1. The molecule has 18 heavy (non-hydrogen) atoms. The zero-order chi connectivity index (χ0) is 13.2. The first-order chi connectivity index (χ1) is 8.63. The molecule has 1 aliphatic carbocycles. The number of nitrogens with one attached hydrogen (secondary N) is 1. The lowest BCUT2D eigenvalue weighted by Gasteiger charge is -2.31. The molecule has 1 aromatic rings. The molecule has 1 atom stereocenters. The smallest absolute Gasteiger partial charge is 0.167 e. The third-order valence-corrected chi connectivity index (χ3v) is 3.78. The first kappa shape index (κ1) is 13.3. The summed E-state index contributed by atoms with van der Waals surface area (Å²) in [5.41, 5.74) is 0.119. The zero-order valence-corrected chi connectivity index (χ0v) is 10.9. The van der Waals surface area contributed by atoms with Gasteiger partial charge in [0.1, 0.15) is 6.61 Å². The molecule has 2 N–H and O–H groups in total. The number of hydrogen-bond donors (Lipinski definition) is 2. The van der Waals surface area contributed by atoms with Crippen LogP contribution in [0.4, 0.5) is 4.39 Å². The molecule has 1 saturated carbocycles. The van der Waals surface area contributed by atoms with Crippen LogP contribution < -0.4 is 10.1 Å². The highest BCUT2D eigenvalue weighted by Gasteiger charge is 2.44. The molecule has 0 heterocycles. The summed E-state index contributed by atoms with van der Waals surface area (Å²) >= 11 is 0. The molecule has 0 amide bonds. The highest BCUT2D eigenvalue weighted by molar-refractivity contribution is 5.30. The molecule has 1 unspecified atom stereocenters. The van der Waals surface area contributed by atoms with Gasteiger partial charge in [0, 0.05) is 0 Å². The Bertz CT molecular complexity index is 414. The minimum Gasteiger partial charge on any atom is -0.488 e. The molecule has 100 valence electrons. The molecular formula is C14H20FNO2. The minimum atomic E-state index is -0.448. The number of aryl methyl sites for hydroxylation is 1. The number of likely N-dealkylation sites (N-methyl/N-ethyl adjacent to an activating group) is 1. The number of halogens is 1. The van der Waals surface area contributed by atoms with Gasteiger partial charge in [0.05, 0.1) is 12.1 Å². The average Bonchev–Trinajstić information content (AvgIpc) is 3.21. The topological polar surface area (TPSA) is 41.5 Å². The maximum Gasteiger partial charge on any atom is 0.167 e. The summed E-state index contributed by atoms with van der Waals surface area (Å²) in [6.45, 7) is 1.99. The first-order valence-corrected chi connectivity index (χ1v) is 6.30. The lowest BCUT2D eigenvalue weighted by Crippen LogP contribution is -2.53.